The van der Waals surface area contributed by atoms with E-state index in [2.05, 4.69) is 55.5 Å². The topological polar surface area (TPSA) is 59.4 Å². The number of benzene rings is 3. The molecule has 2 heterocycles. The second kappa shape index (κ2) is 11.1. The summed E-state index contributed by atoms with van der Waals surface area (Å²) in [5.74, 6) is 0.830. The first kappa shape index (κ1) is 26.7. The van der Waals surface area contributed by atoms with Crippen molar-refractivity contribution in [1.29, 1.82) is 0 Å². The number of carbonyl (C=O) groups is 1. The van der Waals surface area contributed by atoms with Crippen LogP contribution in [0.3, 0.4) is 0 Å². The molecule has 1 aromatic heterocycles. The highest BCUT2D eigenvalue weighted by molar-refractivity contribution is 5.94. The van der Waals surface area contributed by atoms with Gasteiger partial charge >= 0.3 is 0 Å². The summed E-state index contributed by atoms with van der Waals surface area (Å²) < 4.78 is 7.40. The standard InChI is InChI=1S/C33H38N4O2/c1-33(2,3)26-16-18-30(39-5)25(20-26)22-34-31-19-17-28(24-14-10-7-11-15-24)37(31)32(38)29-21-27(35-36(29)4)23-12-8-6-9-13-23/h6-16,18,20-21,28,31,34H,17,19,22H2,1-5H3. The summed E-state index contributed by atoms with van der Waals surface area (Å²) in [6.07, 6.45) is 1.62. The predicted octanol–water partition coefficient (Wildman–Crippen LogP) is 6.49. The smallest absolute Gasteiger partial charge is 0.273 e. The molecular formula is C33H38N4O2. The van der Waals surface area contributed by atoms with Crippen molar-refractivity contribution in [1.82, 2.24) is 20.0 Å². The van der Waals surface area contributed by atoms with E-state index >= 15 is 0 Å². The van der Waals surface area contributed by atoms with Crippen molar-refractivity contribution >= 4 is 5.91 Å². The summed E-state index contributed by atoms with van der Waals surface area (Å²) in [5.41, 5.74) is 5.89. The van der Waals surface area contributed by atoms with Crippen LogP contribution in [0.4, 0.5) is 0 Å². The number of amides is 1. The van der Waals surface area contributed by atoms with Crippen molar-refractivity contribution in [2.75, 3.05) is 7.11 Å². The van der Waals surface area contributed by atoms with Crippen LogP contribution in [0.5, 0.6) is 5.75 Å². The molecule has 202 valence electrons. The van der Waals surface area contributed by atoms with E-state index in [4.69, 9.17) is 4.74 Å². The van der Waals surface area contributed by atoms with Crippen LogP contribution in [0, 0.1) is 0 Å². The fourth-order valence-corrected chi connectivity index (χ4v) is 5.46. The van der Waals surface area contributed by atoms with Gasteiger partial charge in [0.05, 0.1) is 25.0 Å². The quantitative estimate of drug-likeness (QED) is 0.302. The number of ether oxygens (including phenoxy) is 1. The lowest BCUT2D eigenvalue weighted by Crippen LogP contribution is -2.46. The summed E-state index contributed by atoms with van der Waals surface area (Å²) in [7, 11) is 3.55. The minimum Gasteiger partial charge on any atom is -0.496 e. The molecule has 1 amide bonds. The highest BCUT2D eigenvalue weighted by atomic mass is 16.5. The molecule has 2 unspecified atom stereocenters. The Bertz CT molecular complexity index is 1420. The minimum absolute atomic E-state index is 0.0194. The van der Waals surface area contributed by atoms with E-state index in [1.165, 1.54) is 5.56 Å². The highest BCUT2D eigenvalue weighted by Crippen LogP contribution is 2.37. The van der Waals surface area contributed by atoms with Crippen LogP contribution >= 0.6 is 0 Å². The lowest BCUT2D eigenvalue weighted by atomic mass is 9.86. The molecule has 1 aliphatic heterocycles. The largest absolute Gasteiger partial charge is 0.496 e. The minimum atomic E-state index is -0.124. The number of carbonyl (C=O) groups excluding carboxylic acids is 1. The van der Waals surface area contributed by atoms with Crippen molar-refractivity contribution in [2.24, 2.45) is 7.05 Å². The average Bonchev–Trinajstić information content (AvgIpc) is 3.55. The number of hydrogen-bond acceptors (Lipinski definition) is 4. The number of likely N-dealkylation sites (tertiary alicyclic amines) is 1. The van der Waals surface area contributed by atoms with E-state index in [0.29, 0.717) is 12.2 Å². The summed E-state index contributed by atoms with van der Waals surface area (Å²) in [4.78, 5) is 16.2. The SMILES string of the molecule is COc1ccc(C(C)(C)C)cc1CNC1CCC(c2ccccc2)N1C(=O)c1cc(-c2ccccc2)nn1C. The zero-order chi connectivity index (χ0) is 27.6. The fourth-order valence-electron chi connectivity index (χ4n) is 5.46. The molecule has 1 fully saturated rings. The van der Waals surface area contributed by atoms with Crippen molar-refractivity contribution in [2.45, 2.75) is 57.8 Å². The molecule has 1 N–H and O–H groups in total. The third-order valence-electron chi connectivity index (χ3n) is 7.65. The predicted molar refractivity (Wildman–Crippen MR) is 156 cm³/mol. The molecule has 0 spiro atoms. The second-order valence-corrected chi connectivity index (χ2v) is 11.3. The Balaban J connectivity index is 1.45. The maximum Gasteiger partial charge on any atom is 0.273 e. The average molecular weight is 523 g/mol. The van der Waals surface area contributed by atoms with Gasteiger partial charge in [0.2, 0.25) is 0 Å². The third kappa shape index (κ3) is 5.62. The first-order chi connectivity index (χ1) is 18.8. The van der Waals surface area contributed by atoms with Crippen molar-refractivity contribution in [3.05, 3.63) is 107 Å². The lowest BCUT2D eigenvalue weighted by molar-refractivity contribution is 0.0620. The summed E-state index contributed by atoms with van der Waals surface area (Å²) in [6.45, 7) is 7.24. The molecule has 4 aromatic rings. The first-order valence-electron chi connectivity index (χ1n) is 13.6. The maximum absolute atomic E-state index is 14.2. The maximum atomic E-state index is 14.2. The Hall–Kier alpha value is -3.90. The Labute approximate surface area is 231 Å². The number of rotatable bonds is 7. The van der Waals surface area contributed by atoms with Gasteiger partial charge in [-0.25, -0.2) is 0 Å². The molecule has 0 saturated carbocycles. The number of methoxy groups -OCH3 is 1. The Morgan fingerprint density at radius 1 is 0.974 bits per heavy atom. The van der Waals surface area contributed by atoms with Crippen LogP contribution in [0.1, 0.15) is 66.8 Å². The molecule has 5 rings (SSSR count). The van der Waals surface area contributed by atoms with Gasteiger partial charge < -0.3 is 9.64 Å². The highest BCUT2D eigenvalue weighted by Gasteiger charge is 2.39. The van der Waals surface area contributed by atoms with Gasteiger partial charge in [-0.2, -0.15) is 5.10 Å². The van der Waals surface area contributed by atoms with Crippen LogP contribution in [-0.2, 0) is 19.0 Å². The number of aryl methyl sites for hydroxylation is 1. The zero-order valence-corrected chi connectivity index (χ0v) is 23.5. The van der Waals surface area contributed by atoms with E-state index in [9.17, 15) is 4.79 Å². The van der Waals surface area contributed by atoms with Crippen LogP contribution < -0.4 is 10.1 Å². The second-order valence-electron chi connectivity index (χ2n) is 11.3. The van der Waals surface area contributed by atoms with E-state index in [1.54, 1.807) is 11.8 Å². The molecule has 1 aliphatic rings. The van der Waals surface area contributed by atoms with Crippen LogP contribution in [-0.4, -0.2) is 33.9 Å². The van der Waals surface area contributed by atoms with Crippen LogP contribution in [0.2, 0.25) is 0 Å². The van der Waals surface area contributed by atoms with Gasteiger partial charge in [0.25, 0.3) is 5.91 Å². The Kier molecular flexibility index (Phi) is 7.58. The molecule has 2 atom stereocenters. The van der Waals surface area contributed by atoms with E-state index in [1.807, 2.05) is 72.6 Å². The monoisotopic (exact) mass is 522 g/mol. The number of nitrogens with zero attached hydrogens (tertiary/aromatic N) is 3. The molecule has 3 aromatic carbocycles. The van der Waals surface area contributed by atoms with Gasteiger partial charge in [0.1, 0.15) is 11.4 Å². The van der Waals surface area contributed by atoms with Crippen LogP contribution in [0.15, 0.2) is 84.9 Å². The molecule has 6 heteroatoms. The van der Waals surface area contributed by atoms with Crippen molar-refractivity contribution < 1.29 is 9.53 Å². The Morgan fingerprint density at radius 2 is 1.67 bits per heavy atom. The van der Waals surface area contributed by atoms with Crippen LogP contribution in [0.25, 0.3) is 11.3 Å². The molecule has 0 radical (unpaired) electrons. The van der Waals surface area contributed by atoms with Gasteiger partial charge in [0, 0.05) is 24.7 Å². The normalized spacial score (nSPS) is 17.4. The summed E-state index contributed by atoms with van der Waals surface area (Å²) in [6, 6.07) is 28.6. The zero-order valence-electron chi connectivity index (χ0n) is 23.5. The van der Waals surface area contributed by atoms with E-state index in [-0.39, 0.29) is 23.5 Å². The van der Waals surface area contributed by atoms with Gasteiger partial charge in [0.15, 0.2) is 0 Å². The summed E-state index contributed by atoms with van der Waals surface area (Å²) in [5, 5.41) is 8.38. The molecular weight excluding hydrogens is 484 g/mol. The molecule has 0 aliphatic carbocycles. The number of nitrogens with one attached hydrogen (secondary N) is 1. The number of hydrogen-bond donors (Lipinski definition) is 1. The molecule has 6 nitrogen and oxygen atoms in total. The molecule has 0 bridgehead atoms. The van der Waals surface area contributed by atoms with Gasteiger partial charge in [-0.15, -0.1) is 0 Å². The summed E-state index contributed by atoms with van der Waals surface area (Å²) >= 11 is 0. The van der Waals surface area contributed by atoms with E-state index in [0.717, 1.165) is 41.0 Å². The van der Waals surface area contributed by atoms with Crippen molar-refractivity contribution in [3.63, 3.8) is 0 Å². The van der Waals surface area contributed by atoms with E-state index < -0.39 is 0 Å². The Morgan fingerprint density at radius 3 is 2.33 bits per heavy atom. The molecule has 39 heavy (non-hydrogen) atoms. The molecule has 1 saturated heterocycles. The van der Waals surface area contributed by atoms with Gasteiger partial charge in [-0.1, -0.05) is 93.6 Å². The first-order valence-corrected chi connectivity index (χ1v) is 13.6. The van der Waals surface area contributed by atoms with Gasteiger partial charge in [-0.3, -0.25) is 14.8 Å². The lowest BCUT2D eigenvalue weighted by Gasteiger charge is -2.31. The third-order valence-corrected chi connectivity index (χ3v) is 7.65. The van der Waals surface area contributed by atoms with Gasteiger partial charge in [-0.05, 0) is 41.5 Å². The fraction of sp³-hybridized carbons (Fsp3) is 0.333. The number of aromatic nitrogens is 2. The van der Waals surface area contributed by atoms with Crippen molar-refractivity contribution in [3.8, 4) is 17.0 Å².